The van der Waals surface area contributed by atoms with Crippen LogP contribution in [0.25, 0.3) is 0 Å². The summed E-state index contributed by atoms with van der Waals surface area (Å²) in [6, 6.07) is 0. The van der Waals surface area contributed by atoms with Crippen LogP contribution < -0.4 is 0 Å². The van der Waals surface area contributed by atoms with E-state index in [-0.39, 0.29) is 6.10 Å². The van der Waals surface area contributed by atoms with Gasteiger partial charge in [-0.15, -0.1) is 0 Å². The molecule has 128 valence electrons. The summed E-state index contributed by atoms with van der Waals surface area (Å²) >= 11 is 0. The van der Waals surface area contributed by atoms with Gasteiger partial charge < -0.3 is 5.11 Å². The number of fused-ring (bicyclic) bond motifs is 4. The van der Waals surface area contributed by atoms with Crippen LogP contribution in [0, 0.1) is 23.2 Å². The van der Waals surface area contributed by atoms with E-state index in [1.807, 2.05) is 5.57 Å². The van der Waals surface area contributed by atoms with Crippen LogP contribution in [0.5, 0.6) is 0 Å². The van der Waals surface area contributed by atoms with Crippen molar-refractivity contribution in [2.45, 2.75) is 90.6 Å². The fourth-order valence-corrected chi connectivity index (χ4v) is 6.60. The molecule has 0 saturated heterocycles. The van der Waals surface area contributed by atoms with Gasteiger partial charge >= 0.3 is 0 Å². The van der Waals surface area contributed by atoms with Gasteiger partial charge in [-0.3, -0.25) is 0 Å². The van der Waals surface area contributed by atoms with Gasteiger partial charge in [-0.1, -0.05) is 43.1 Å². The fourth-order valence-electron chi connectivity index (χ4n) is 6.60. The maximum Gasteiger partial charge on any atom is 0.0580 e. The molecule has 0 amide bonds. The molecule has 1 saturated carbocycles. The lowest BCUT2D eigenvalue weighted by molar-refractivity contribution is 0.0478. The minimum atomic E-state index is -0.0482. The lowest BCUT2D eigenvalue weighted by Crippen LogP contribution is -2.43. The second kappa shape index (κ2) is 6.06. The maximum atomic E-state index is 10.0. The Labute approximate surface area is 142 Å². The van der Waals surface area contributed by atoms with Crippen molar-refractivity contribution in [3.63, 3.8) is 0 Å². The molecule has 4 aliphatic rings. The van der Waals surface area contributed by atoms with Gasteiger partial charge in [0.2, 0.25) is 0 Å². The second-order valence-electron chi connectivity index (χ2n) is 8.97. The fraction of sp³-hybridized carbons (Fsp3) is 0.818. The van der Waals surface area contributed by atoms with Crippen LogP contribution >= 0.6 is 0 Å². The van der Waals surface area contributed by atoms with E-state index >= 15 is 0 Å². The Kier molecular flexibility index (Phi) is 4.20. The molecule has 0 bridgehead atoms. The third-order valence-electron chi connectivity index (χ3n) is 7.89. The average Bonchev–Trinajstić information content (AvgIpc) is 2.89. The predicted molar refractivity (Wildman–Crippen MR) is 96.2 cm³/mol. The molecule has 1 nitrogen and oxygen atoms in total. The first-order valence-electron chi connectivity index (χ1n) is 10.2. The predicted octanol–water partition coefficient (Wildman–Crippen LogP) is 5.79. The van der Waals surface area contributed by atoms with Crippen LogP contribution in [-0.4, -0.2) is 11.2 Å². The lowest BCUT2D eigenvalue weighted by Gasteiger charge is -2.52. The standard InChI is InChI=1S/C22H34O/c1-3-4-5-16-7-11-21-20-9-6-15-14-17(23)8-10-18(15)19(20)12-13-22(16,21)2/h7,17,19-21,23H,3-6,8-14H2,1-2H3/t17-,19+,20+,21-,22+/m0/s1. The summed E-state index contributed by atoms with van der Waals surface area (Å²) in [5.74, 6) is 2.70. The summed E-state index contributed by atoms with van der Waals surface area (Å²) < 4.78 is 0. The summed E-state index contributed by atoms with van der Waals surface area (Å²) in [5.41, 5.74) is 5.78. The quantitative estimate of drug-likeness (QED) is 0.654. The topological polar surface area (TPSA) is 20.2 Å². The zero-order valence-electron chi connectivity index (χ0n) is 15.1. The Bertz CT molecular complexity index is 528. The molecule has 0 aromatic heterocycles. The van der Waals surface area contributed by atoms with Gasteiger partial charge in [0.1, 0.15) is 0 Å². The van der Waals surface area contributed by atoms with Crippen LogP contribution in [0.3, 0.4) is 0 Å². The number of aliphatic hydroxyl groups is 1. The molecule has 1 heteroatoms. The number of allylic oxidation sites excluding steroid dienone is 3. The summed E-state index contributed by atoms with van der Waals surface area (Å²) in [5, 5.41) is 10.0. The highest BCUT2D eigenvalue weighted by molar-refractivity contribution is 5.31. The van der Waals surface area contributed by atoms with Gasteiger partial charge in [0.15, 0.2) is 0 Å². The van der Waals surface area contributed by atoms with Gasteiger partial charge in [0.25, 0.3) is 0 Å². The van der Waals surface area contributed by atoms with Gasteiger partial charge in [-0.25, -0.2) is 0 Å². The number of aliphatic hydroxyl groups excluding tert-OH is 1. The Morgan fingerprint density at radius 3 is 2.91 bits per heavy atom. The zero-order valence-corrected chi connectivity index (χ0v) is 15.1. The maximum absolute atomic E-state index is 10.0. The molecule has 1 N–H and O–H groups in total. The van der Waals surface area contributed by atoms with Gasteiger partial charge in [-0.05, 0) is 87.4 Å². The summed E-state index contributed by atoms with van der Waals surface area (Å²) in [6.07, 6.45) is 16.7. The molecule has 0 radical (unpaired) electrons. The van der Waals surface area contributed by atoms with Gasteiger partial charge in [0.05, 0.1) is 6.10 Å². The van der Waals surface area contributed by atoms with Crippen molar-refractivity contribution < 1.29 is 5.11 Å². The molecule has 1 fully saturated rings. The van der Waals surface area contributed by atoms with Crippen molar-refractivity contribution in [1.82, 2.24) is 0 Å². The first-order chi connectivity index (χ1) is 11.1. The van der Waals surface area contributed by atoms with Crippen molar-refractivity contribution in [2.75, 3.05) is 0 Å². The highest BCUT2D eigenvalue weighted by atomic mass is 16.3. The molecule has 4 rings (SSSR count). The summed E-state index contributed by atoms with van der Waals surface area (Å²) in [6.45, 7) is 4.91. The van der Waals surface area contributed by atoms with Crippen LogP contribution in [0.4, 0.5) is 0 Å². The smallest absolute Gasteiger partial charge is 0.0580 e. The molecule has 0 aliphatic heterocycles. The van der Waals surface area contributed by atoms with E-state index in [1.165, 1.54) is 57.8 Å². The molecule has 0 aromatic rings. The second-order valence-corrected chi connectivity index (χ2v) is 8.97. The summed E-state index contributed by atoms with van der Waals surface area (Å²) in [4.78, 5) is 0. The van der Waals surface area contributed by atoms with E-state index in [0.29, 0.717) is 5.41 Å². The highest BCUT2D eigenvalue weighted by Crippen LogP contribution is 2.61. The molecular weight excluding hydrogens is 280 g/mol. The van der Waals surface area contributed by atoms with Crippen LogP contribution in [-0.2, 0) is 0 Å². The van der Waals surface area contributed by atoms with Gasteiger partial charge in [-0.2, -0.15) is 0 Å². The van der Waals surface area contributed by atoms with Crippen molar-refractivity contribution >= 4 is 0 Å². The Balaban J connectivity index is 1.55. The number of hydrogen-bond acceptors (Lipinski definition) is 1. The lowest BCUT2D eigenvalue weighted by atomic mass is 9.53. The van der Waals surface area contributed by atoms with Crippen molar-refractivity contribution in [3.05, 3.63) is 22.8 Å². The van der Waals surface area contributed by atoms with E-state index in [1.54, 1.807) is 11.1 Å². The third-order valence-corrected chi connectivity index (χ3v) is 7.89. The third kappa shape index (κ3) is 2.54. The number of unbranched alkanes of at least 4 members (excludes halogenated alkanes) is 1. The number of rotatable bonds is 3. The van der Waals surface area contributed by atoms with Gasteiger partial charge in [0, 0.05) is 0 Å². The Hall–Kier alpha value is -0.560. The molecule has 5 atom stereocenters. The first-order valence-corrected chi connectivity index (χ1v) is 10.2. The van der Waals surface area contributed by atoms with Crippen LogP contribution in [0.2, 0.25) is 0 Å². The minimum absolute atomic E-state index is 0.0482. The number of hydrogen-bond donors (Lipinski definition) is 1. The molecule has 0 aromatic carbocycles. The Morgan fingerprint density at radius 1 is 1.22 bits per heavy atom. The molecule has 4 aliphatic carbocycles. The first kappa shape index (κ1) is 15.9. The summed E-state index contributed by atoms with van der Waals surface area (Å²) in [7, 11) is 0. The molecule has 0 unspecified atom stereocenters. The van der Waals surface area contributed by atoms with Crippen molar-refractivity contribution in [3.8, 4) is 0 Å². The van der Waals surface area contributed by atoms with E-state index in [4.69, 9.17) is 0 Å². The highest BCUT2D eigenvalue weighted by Gasteiger charge is 2.51. The Morgan fingerprint density at radius 2 is 2.09 bits per heavy atom. The SMILES string of the molecule is CCCCC1=CC[C@H]2[C@@H]3CCC4=C(CC[C@H](O)C4)[C@H]3CC[C@]12C. The minimum Gasteiger partial charge on any atom is -0.393 e. The van der Waals surface area contributed by atoms with Crippen molar-refractivity contribution in [1.29, 1.82) is 0 Å². The monoisotopic (exact) mass is 314 g/mol. The molecule has 0 spiro atoms. The van der Waals surface area contributed by atoms with Crippen LogP contribution in [0.1, 0.15) is 84.5 Å². The normalized spacial score (nSPS) is 42.8. The van der Waals surface area contributed by atoms with E-state index in [0.717, 1.165) is 30.6 Å². The largest absolute Gasteiger partial charge is 0.393 e. The van der Waals surface area contributed by atoms with E-state index < -0.39 is 0 Å². The molecular formula is C22H34O. The van der Waals surface area contributed by atoms with Crippen LogP contribution in [0.15, 0.2) is 22.8 Å². The van der Waals surface area contributed by atoms with E-state index in [2.05, 4.69) is 19.9 Å². The molecule has 0 heterocycles. The van der Waals surface area contributed by atoms with E-state index in [9.17, 15) is 5.11 Å². The van der Waals surface area contributed by atoms with Crippen molar-refractivity contribution in [2.24, 2.45) is 23.2 Å². The average molecular weight is 315 g/mol. The zero-order chi connectivity index (χ0) is 16.0. The molecule has 23 heavy (non-hydrogen) atoms.